The summed E-state index contributed by atoms with van der Waals surface area (Å²) in [6.45, 7) is 7.45. The van der Waals surface area contributed by atoms with Gasteiger partial charge in [0, 0.05) is 31.8 Å². The molecule has 0 aromatic heterocycles. The molecule has 1 aliphatic heterocycles. The average molecular weight is 568 g/mol. The molecule has 8 nitrogen and oxygen atoms in total. The van der Waals surface area contributed by atoms with E-state index in [0.29, 0.717) is 34.7 Å². The molecule has 10 heteroatoms. The summed E-state index contributed by atoms with van der Waals surface area (Å²) >= 11 is 0. The SMILES string of the molecule is Br.CCOc1cc2c(c(F)c1OCC)C(=N)N(CC(=O)c1cc(N(C)C)c(OC)c(C(C)(C)O)c1)C2. The summed E-state index contributed by atoms with van der Waals surface area (Å²) in [5.74, 6) is -0.266. The zero-order valence-corrected chi connectivity index (χ0v) is 23.5. The predicted octanol–water partition coefficient (Wildman–Crippen LogP) is 4.53. The number of benzene rings is 2. The number of hydrogen-bond acceptors (Lipinski definition) is 7. The van der Waals surface area contributed by atoms with E-state index in [1.807, 2.05) is 14.1 Å². The highest BCUT2D eigenvalue weighted by Crippen LogP contribution is 2.40. The summed E-state index contributed by atoms with van der Waals surface area (Å²) in [6, 6.07) is 4.99. The summed E-state index contributed by atoms with van der Waals surface area (Å²) in [7, 11) is 5.16. The van der Waals surface area contributed by atoms with Gasteiger partial charge in [-0.3, -0.25) is 10.2 Å². The lowest BCUT2D eigenvalue weighted by Crippen LogP contribution is -2.31. The van der Waals surface area contributed by atoms with Crippen LogP contribution >= 0.6 is 17.0 Å². The van der Waals surface area contributed by atoms with Crippen LogP contribution in [0.15, 0.2) is 18.2 Å². The fraction of sp³-hybridized carbons (Fsp3) is 0.462. The number of amidine groups is 1. The molecule has 198 valence electrons. The van der Waals surface area contributed by atoms with Crippen LogP contribution in [0.2, 0.25) is 0 Å². The number of Topliss-reactive ketones (excluding diaryl/α,β-unsaturated/α-hetero) is 1. The Hall–Kier alpha value is -2.85. The largest absolute Gasteiger partial charge is 0.494 e. The highest BCUT2D eigenvalue weighted by atomic mass is 79.9. The van der Waals surface area contributed by atoms with Crippen LogP contribution in [0.3, 0.4) is 0 Å². The van der Waals surface area contributed by atoms with Crippen molar-refractivity contribution in [2.45, 2.75) is 39.8 Å². The lowest BCUT2D eigenvalue weighted by Gasteiger charge is -2.27. The van der Waals surface area contributed by atoms with Gasteiger partial charge in [-0.2, -0.15) is 0 Å². The number of hydrogen-bond donors (Lipinski definition) is 2. The number of carbonyl (C=O) groups excluding carboxylic acids is 1. The summed E-state index contributed by atoms with van der Waals surface area (Å²) in [5, 5.41) is 19.3. The Kier molecular flexibility index (Phi) is 9.36. The average Bonchev–Trinajstić information content (AvgIpc) is 3.09. The van der Waals surface area contributed by atoms with Gasteiger partial charge in [0.05, 0.1) is 43.7 Å². The molecule has 2 aromatic carbocycles. The van der Waals surface area contributed by atoms with Gasteiger partial charge in [-0.15, -0.1) is 17.0 Å². The van der Waals surface area contributed by atoms with Gasteiger partial charge in [0.15, 0.2) is 23.1 Å². The van der Waals surface area contributed by atoms with Crippen LogP contribution in [0, 0.1) is 11.2 Å². The molecule has 0 fully saturated rings. The minimum Gasteiger partial charge on any atom is -0.494 e. The smallest absolute Gasteiger partial charge is 0.197 e. The second-order valence-corrected chi connectivity index (χ2v) is 9.08. The molecule has 0 radical (unpaired) electrons. The first-order valence-corrected chi connectivity index (χ1v) is 11.5. The molecule has 0 atom stereocenters. The Bertz CT molecular complexity index is 1150. The van der Waals surface area contributed by atoms with E-state index in [0.717, 1.165) is 0 Å². The highest BCUT2D eigenvalue weighted by molar-refractivity contribution is 8.93. The molecule has 0 saturated heterocycles. The summed E-state index contributed by atoms with van der Waals surface area (Å²) < 4.78 is 31.9. The number of fused-ring (bicyclic) bond motifs is 1. The molecule has 0 bridgehead atoms. The number of methoxy groups -OCH3 is 1. The first-order chi connectivity index (χ1) is 16.4. The molecule has 36 heavy (non-hydrogen) atoms. The number of rotatable bonds is 10. The second-order valence-electron chi connectivity index (χ2n) is 9.08. The van der Waals surface area contributed by atoms with Gasteiger partial charge in [0.2, 0.25) is 0 Å². The zero-order chi connectivity index (χ0) is 26.1. The first kappa shape index (κ1) is 29.4. The molecule has 2 aromatic rings. The lowest BCUT2D eigenvalue weighted by molar-refractivity contribution is 0.0756. The van der Waals surface area contributed by atoms with Gasteiger partial charge in [-0.25, -0.2) is 4.39 Å². The third-order valence-corrected chi connectivity index (χ3v) is 5.84. The number of nitrogens with zero attached hydrogens (tertiary/aromatic N) is 2. The monoisotopic (exact) mass is 567 g/mol. The minimum absolute atomic E-state index is 0. The summed E-state index contributed by atoms with van der Waals surface area (Å²) in [4.78, 5) is 16.7. The van der Waals surface area contributed by atoms with Crippen LogP contribution in [0.1, 0.15) is 54.7 Å². The fourth-order valence-electron chi connectivity index (χ4n) is 4.20. The third kappa shape index (κ3) is 5.59. The van der Waals surface area contributed by atoms with Gasteiger partial charge < -0.3 is 29.1 Å². The number of ketones is 1. The number of halogens is 2. The second kappa shape index (κ2) is 11.5. The van der Waals surface area contributed by atoms with Crippen molar-refractivity contribution in [2.75, 3.05) is 45.9 Å². The van der Waals surface area contributed by atoms with Gasteiger partial charge in [0.1, 0.15) is 11.6 Å². The van der Waals surface area contributed by atoms with Crippen LogP contribution < -0.4 is 19.1 Å². The molecule has 3 rings (SSSR count). The summed E-state index contributed by atoms with van der Waals surface area (Å²) in [6.07, 6.45) is 0. The van der Waals surface area contributed by atoms with Gasteiger partial charge in [0.25, 0.3) is 0 Å². The predicted molar refractivity (Wildman–Crippen MR) is 143 cm³/mol. The molecule has 0 aliphatic carbocycles. The molecule has 0 saturated carbocycles. The van der Waals surface area contributed by atoms with Crippen LogP contribution in [-0.2, 0) is 12.1 Å². The van der Waals surface area contributed by atoms with Crippen LogP contribution in [0.25, 0.3) is 0 Å². The number of ether oxygens (including phenoxy) is 3. The van der Waals surface area contributed by atoms with Gasteiger partial charge in [-0.05, 0) is 51.5 Å². The maximum Gasteiger partial charge on any atom is 0.197 e. The van der Waals surface area contributed by atoms with E-state index in [-0.39, 0.29) is 65.4 Å². The zero-order valence-electron chi connectivity index (χ0n) is 21.8. The Morgan fingerprint density at radius 2 is 1.81 bits per heavy atom. The highest BCUT2D eigenvalue weighted by Gasteiger charge is 2.34. The van der Waals surface area contributed by atoms with E-state index >= 15 is 4.39 Å². The fourth-order valence-corrected chi connectivity index (χ4v) is 4.20. The number of carbonyl (C=O) groups is 1. The normalized spacial score (nSPS) is 12.7. The molecule has 0 unspecified atom stereocenters. The van der Waals surface area contributed by atoms with Crippen molar-refractivity contribution in [1.82, 2.24) is 4.90 Å². The van der Waals surface area contributed by atoms with Crippen LogP contribution in [-0.4, -0.2) is 62.6 Å². The first-order valence-electron chi connectivity index (χ1n) is 11.5. The van der Waals surface area contributed by atoms with Crippen molar-refractivity contribution >= 4 is 34.3 Å². The molecule has 1 heterocycles. The molecule has 0 spiro atoms. The molecule has 1 aliphatic rings. The van der Waals surface area contributed by atoms with Crippen molar-refractivity contribution in [3.05, 3.63) is 46.3 Å². The van der Waals surface area contributed by atoms with Crippen molar-refractivity contribution in [1.29, 1.82) is 5.41 Å². The number of anilines is 1. The van der Waals surface area contributed by atoms with Crippen molar-refractivity contribution in [3.63, 3.8) is 0 Å². The van der Waals surface area contributed by atoms with E-state index in [1.54, 1.807) is 50.8 Å². The standard InChI is InChI=1S/C26H34FN3O5.BrH/c1-8-34-20-12-16-13-30(25(28)21(16)22(27)24(20)35-9-2)14-19(31)15-10-17(26(3,4)32)23(33-7)18(11-15)29(5)6;/h10-12,28,32H,8-9,13-14H2,1-7H3;1H. The maximum atomic E-state index is 15.3. The Morgan fingerprint density at radius 3 is 2.33 bits per heavy atom. The van der Waals surface area contributed by atoms with Crippen molar-refractivity contribution in [2.24, 2.45) is 0 Å². The maximum absolute atomic E-state index is 15.3. The number of nitrogens with one attached hydrogen (secondary N) is 1. The van der Waals surface area contributed by atoms with E-state index in [4.69, 9.17) is 19.6 Å². The molecular formula is C26H35BrFN3O5. The number of aliphatic hydroxyl groups is 1. The van der Waals surface area contributed by atoms with E-state index in [1.165, 1.54) is 12.0 Å². The van der Waals surface area contributed by atoms with Crippen LogP contribution in [0.5, 0.6) is 17.2 Å². The van der Waals surface area contributed by atoms with Crippen molar-refractivity contribution in [3.8, 4) is 17.2 Å². The van der Waals surface area contributed by atoms with Gasteiger partial charge in [-0.1, -0.05) is 0 Å². The summed E-state index contributed by atoms with van der Waals surface area (Å²) in [5.41, 5.74) is 0.906. The Labute approximate surface area is 222 Å². The van der Waals surface area contributed by atoms with E-state index in [9.17, 15) is 9.90 Å². The van der Waals surface area contributed by atoms with Gasteiger partial charge >= 0.3 is 0 Å². The van der Waals surface area contributed by atoms with Crippen LogP contribution in [0.4, 0.5) is 10.1 Å². The van der Waals surface area contributed by atoms with E-state index in [2.05, 4.69) is 0 Å². The Balaban J connectivity index is 0.00000456. The topological polar surface area (TPSA) is 95.3 Å². The molecular weight excluding hydrogens is 533 g/mol. The quantitative estimate of drug-likeness (QED) is 0.407. The molecule has 0 amide bonds. The third-order valence-electron chi connectivity index (χ3n) is 5.84. The van der Waals surface area contributed by atoms with E-state index < -0.39 is 11.4 Å². The minimum atomic E-state index is -1.25. The van der Waals surface area contributed by atoms with Crippen molar-refractivity contribution < 1.29 is 28.5 Å². The lowest BCUT2D eigenvalue weighted by atomic mass is 9.93. The Morgan fingerprint density at radius 1 is 1.17 bits per heavy atom. The molecule has 2 N–H and O–H groups in total.